The molecule has 0 saturated carbocycles. The van der Waals surface area contributed by atoms with Crippen molar-refractivity contribution in [2.75, 3.05) is 18.6 Å². The Morgan fingerprint density at radius 3 is 2.45 bits per heavy atom. The molecule has 7 heteroatoms. The van der Waals surface area contributed by atoms with E-state index in [1.165, 1.54) is 11.1 Å². The van der Waals surface area contributed by atoms with Crippen molar-refractivity contribution >= 4 is 23.7 Å². The predicted octanol–water partition coefficient (Wildman–Crippen LogP) is 4.15. The van der Waals surface area contributed by atoms with Crippen LogP contribution in [0.25, 0.3) is 0 Å². The van der Waals surface area contributed by atoms with E-state index in [2.05, 4.69) is 0 Å². The monoisotopic (exact) mass is 446 g/mol. The number of para-hydroxylation sites is 1. The summed E-state index contributed by atoms with van der Waals surface area (Å²) >= 11 is 0. The van der Waals surface area contributed by atoms with Crippen molar-refractivity contribution in [2.24, 2.45) is 5.92 Å². The molecule has 0 aromatic heterocycles. The van der Waals surface area contributed by atoms with Crippen LogP contribution >= 0.6 is 0 Å². The Labute approximate surface area is 192 Å². The number of fused-ring (bicyclic) bond motifs is 1. The van der Waals surface area contributed by atoms with Crippen molar-refractivity contribution in [3.05, 3.63) is 89.8 Å². The third-order valence-electron chi connectivity index (χ3n) is 6.18. The molecule has 2 aromatic rings. The normalized spacial score (nSPS) is 21.5. The molecule has 0 saturated heterocycles. The molecule has 4 rings (SSSR count). The van der Waals surface area contributed by atoms with Gasteiger partial charge in [-0.05, 0) is 31.0 Å². The maximum absolute atomic E-state index is 13.4. The molecule has 33 heavy (non-hydrogen) atoms. The van der Waals surface area contributed by atoms with Gasteiger partial charge in [0.15, 0.2) is 0 Å². The van der Waals surface area contributed by atoms with Crippen LogP contribution in [0.2, 0.25) is 0 Å². The summed E-state index contributed by atoms with van der Waals surface area (Å²) in [5.41, 5.74) is 1.66. The lowest BCUT2D eigenvalue weighted by molar-refractivity contribution is -0.139. The van der Waals surface area contributed by atoms with Gasteiger partial charge in [-0.3, -0.25) is 9.69 Å². The number of likely N-dealkylation sites (N-methyl/N-ethyl adjacent to an activating group) is 1. The van der Waals surface area contributed by atoms with E-state index in [1.807, 2.05) is 61.5 Å². The first-order valence-corrected chi connectivity index (χ1v) is 10.8. The van der Waals surface area contributed by atoms with Crippen molar-refractivity contribution in [2.45, 2.75) is 25.9 Å². The Morgan fingerprint density at radius 1 is 1.03 bits per heavy atom. The van der Waals surface area contributed by atoms with Gasteiger partial charge in [-0.25, -0.2) is 9.59 Å². The molecule has 0 aliphatic carbocycles. The number of ether oxygens (including phenoxy) is 2. The van der Waals surface area contributed by atoms with Crippen LogP contribution < -0.4 is 4.90 Å². The number of carbonyl (C=O) groups is 3. The van der Waals surface area contributed by atoms with Gasteiger partial charge in [0, 0.05) is 31.1 Å². The van der Waals surface area contributed by atoms with Crippen LogP contribution in [0.3, 0.4) is 0 Å². The number of benzene rings is 2. The molecular formula is C26H26N2O5. The van der Waals surface area contributed by atoms with E-state index < -0.39 is 23.4 Å². The third kappa shape index (κ3) is 3.91. The molecule has 0 bridgehead atoms. The highest BCUT2D eigenvalue weighted by Crippen LogP contribution is 2.49. The summed E-state index contributed by atoms with van der Waals surface area (Å²) < 4.78 is 10.7. The van der Waals surface area contributed by atoms with Crippen molar-refractivity contribution in [1.82, 2.24) is 4.90 Å². The summed E-state index contributed by atoms with van der Waals surface area (Å²) in [7, 11) is 1.72. The molecule has 2 aliphatic heterocycles. The largest absolute Gasteiger partial charge is 0.463 e. The molecule has 2 aliphatic rings. The number of hydrogen-bond acceptors (Lipinski definition) is 5. The minimum atomic E-state index is -1.03. The number of carbonyl (C=O) groups excluding carboxylic acids is 3. The van der Waals surface area contributed by atoms with Crippen LogP contribution in [-0.2, 0) is 31.1 Å². The van der Waals surface area contributed by atoms with Crippen LogP contribution in [-0.4, -0.2) is 36.5 Å². The fourth-order valence-corrected chi connectivity index (χ4v) is 4.44. The molecule has 2 atom stereocenters. The maximum atomic E-state index is 13.4. The Hall–Kier alpha value is -3.87. The van der Waals surface area contributed by atoms with Crippen LogP contribution in [0.1, 0.15) is 25.0 Å². The van der Waals surface area contributed by atoms with Crippen LogP contribution in [0, 0.1) is 5.92 Å². The second-order valence-corrected chi connectivity index (χ2v) is 8.16. The Bertz CT molecular complexity index is 1140. The first-order valence-electron chi connectivity index (χ1n) is 10.8. The number of hydrogen-bond donors (Lipinski definition) is 0. The van der Waals surface area contributed by atoms with Gasteiger partial charge in [0.2, 0.25) is 5.91 Å². The van der Waals surface area contributed by atoms with Crippen LogP contribution in [0.4, 0.5) is 10.5 Å². The van der Waals surface area contributed by atoms with E-state index in [-0.39, 0.29) is 24.7 Å². The summed E-state index contributed by atoms with van der Waals surface area (Å²) in [4.78, 5) is 41.8. The maximum Gasteiger partial charge on any atom is 0.418 e. The van der Waals surface area contributed by atoms with Crippen molar-refractivity contribution in [1.29, 1.82) is 0 Å². The standard InChI is InChI=1S/C26H26N2O5/c1-4-32-23(29)19-16-28(25(31)33-17-18-10-6-5-7-11-18)15-14-20(19)26(2)21-12-8-9-13-22(21)27(3)24(26)30/h5-16,20H,4,17H2,1-3H3/t20-,26-/m0/s1. The van der Waals surface area contributed by atoms with Gasteiger partial charge in [-0.15, -0.1) is 0 Å². The van der Waals surface area contributed by atoms with Gasteiger partial charge in [-0.2, -0.15) is 0 Å². The topological polar surface area (TPSA) is 76.1 Å². The molecule has 2 amide bonds. The summed E-state index contributed by atoms with van der Waals surface area (Å²) in [6.45, 7) is 3.81. The highest BCUT2D eigenvalue weighted by molar-refractivity contribution is 6.09. The number of amides is 2. The summed E-state index contributed by atoms with van der Waals surface area (Å²) in [5, 5.41) is 0. The summed E-state index contributed by atoms with van der Waals surface area (Å²) in [6, 6.07) is 16.8. The van der Waals surface area contributed by atoms with E-state index in [4.69, 9.17) is 9.47 Å². The zero-order chi connectivity index (χ0) is 23.6. The van der Waals surface area contributed by atoms with Gasteiger partial charge in [0.25, 0.3) is 0 Å². The highest BCUT2D eigenvalue weighted by atomic mass is 16.6. The molecule has 0 spiro atoms. The van der Waals surface area contributed by atoms with Crippen LogP contribution in [0.5, 0.6) is 0 Å². The second kappa shape index (κ2) is 8.94. The molecule has 0 radical (unpaired) electrons. The molecular weight excluding hydrogens is 420 g/mol. The molecule has 7 nitrogen and oxygen atoms in total. The van der Waals surface area contributed by atoms with Gasteiger partial charge < -0.3 is 14.4 Å². The zero-order valence-electron chi connectivity index (χ0n) is 18.9. The molecule has 0 fully saturated rings. The van der Waals surface area contributed by atoms with E-state index in [1.54, 1.807) is 31.1 Å². The number of anilines is 1. The molecule has 0 unspecified atom stereocenters. The Kier molecular flexibility index (Phi) is 6.05. The van der Waals surface area contributed by atoms with E-state index >= 15 is 0 Å². The molecule has 170 valence electrons. The van der Waals surface area contributed by atoms with Crippen LogP contribution in [0.15, 0.2) is 78.6 Å². The minimum Gasteiger partial charge on any atom is -0.463 e. The fraction of sp³-hybridized carbons (Fsp3) is 0.269. The van der Waals surface area contributed by atoms with Gasteiger partial charge in [-0.1, -0.05) is 54.6 Å². The van der Waals surface area contributed by atoms with E-state index in [0.29, 0.717) is 0 Å². The van der Waals surface area contributed by atoms with E-state index in [0.717, 1.165) is 16.8 Å². The fourth-order valence-electron chi connectivity index (χ4n) is 4.44. The van der Waals surface area contributed by atoms with Crippen molar-refractivity contribution in [3.8, 4) is 0 Å². The average Bonchev–Trinajstić information content (AvgIpc) is 3.05. The predicted molar refractivity (Wildman–Crippen MR) is 123 cm³/mol. The molecule has 0 N–H and O–H groups in total. The van der Waals surface area contributed by atoms with Gasteiger partial charge >= 0.3 is 12.1 Å². The number of nitrogens with zero attached hydrogens (tertiary/aromatic N) is 2. The van der Waals surface area contributed by atoms with Gasteiger partial charge in [0.05, 0.1) is 17.6 Å². The smallest absolute Gasteiger partial charge is 0.418 e. The summed E-state index contributed by atoms with van der Waals surface area (Å²) in [5.74, 6) is -1.32. The quantitative estimate of drug-likeness (QED) is 0.645. The first kappa shape index (κ1) is 22.3. The number of esters is 1. The number of allylic oxidation sites excluding steroid dienone is 1. The van der Waals surface area contributed by atoms with Gasteiger partial charge in [0.1, 0.15) is 6.61 Å². The van der Waals surface area contributed by atoms with Crippen molar-refractivity contribution in [3.63, 3.8) is 0 Å². The molecule has 2 heterocycles. The second-order valence-electron chi connectivity index (χ2n) is 8.16. The van der Waals surface area contributed by atoms with Crippen molar-refractivity contribution < 1.29 is 23.9 Å². The highest BCUT2D eigenvalue weighted by Gasteiger charge is 2.53. The third-order valence-corrected chi connectivity index (χ3v) is 6.18. The lowest BCUT2D eigenvalue weighted by Gasteiger charge is -2.35. The summed E-state index contributed by atoms with van der Waals surface area (Å²) in [6.07, 6.45) is 4.02. The Balaban J connectivity index is 1.65. The average molecular weight is 447 g/mol. The Morgan fingerprint density at radius 2 is 1.73 bits per heavy atom. The zero-order valence-corrected chi connectivity index (χ0v) is 18.9. The first-order chi connectivity index (χ1) is 15.9. The lowest BCUT2D eigenvalue weighted by atomic mass is 9.69. The molecule has 2 aromatic carbocycles. The minimum absolute atomic E-state index is 0.102. The lowest BCUT2D eigenvalue weighted by Crippen LogP contribution is -2.45. The SMILES string of the molecule is CCOC(=O)C1=CN(C(=O)OCc2ccccc2)C=C[C@@H]1[C@]1(C)C(=O)N(C)c2ccccc21. The van der Waals surface area contributed by atoms with E-state index in [9.17, 15) is 14.4 Å². The number of rotatable bonds is 5.